The van der Waals surface area contributed by atoms with Crippen LogP contribution in [0.15, 0.2) is 24.3 Å². The molecular formula is C25H43FO3. The van der Waals surface area contributed by atoms with E-state index >= 15 is 0 Å². The van der Waals surface area contributed by atoms with E-state index in [-0.39, 0.29) is 25.1 Å². The number of halogens is 1. The first-order valence-corrected chi connectivity index (χ1v) is 11.8. The summed E-state index contributed by atoms with van der Waals surface area (Å²) in [6.45, 7) is 3.55. The summed E-state index contributed by atoms with van der Waals surface area (Å²) < 4.78 is 24.4. The van der Waals surface area contributed by atoms with E-state index in [2.05, 4.69) is 6.92 Å². The van der Waals surface area contributed by atoms with Gasteiger partial charge >= 0.3 is 0 Å². The molecule has 0 unspecified atom stereocenters. The van der Waals surface area contributed by atoms with Gasteiger partial charge < -0.3 is 14.6 Å². The van der Waals surface area contributed by atoms with Gasteiger partial charge in [0.05, 0.1) is 19.8 Å². The Morgan fingerprint density at radius 2 is 1.45 bits per heavy atom. The first kappa shape index (κ1) is 26.1. The molecule has 0 fully saturated rings. The van der Waals surface area contributed by atoms with Crippen LogP contribution in [0.2, 0.25) is 0 Å². The van der Waals surface area contributed by atoms with Crippen molar-refractivity contribution in [3.63, 3.8) is 0 Å². The van der Waals surface area contributed by atoms with E-state index in [0.29, 0.717) is 13.2 Å². The molecular weight excluding hydrogens is 367 g/mol. The van der Waals surface area contributed by atoms with E-state index < -0.39 is 0 Å². The predicted molar refractivity (Wildman–Crippen MR) is 119 cm³/mol. The Bertz CT molecular complexity index is 481. The zero-order valence-electron chi connectivity index (χ0n) is 18.5. The van der Waals surface area contributed by atoms with Gasteiger partial charge in [-0.3, -0.25) is 0 Å². The molecule has 0 saturated heterocycles. The SMILES string of the molecule is CCCCCCCCCCCCCCCOC[C@H](CO)OCc1cccc(F)c1. The Hall–Kier alpha value is -0.970. The summed E-state index contributed by atoms with van der Waals surface area (Å²) in [5.74, 6) is -0.273. The zero-order chi connectivity index (χ0) is 21.0. The van der Waals surface area contributed by atoms with E-state index in [1.54, 1.807) is 6.07 Å². The van der Waals surface area contributed by atoms with Crippen LogP contribution in [0, 0.1) is 5.82 Å². The van der Waals surface area contributed by atoms with Crippen LogP contribution in [-0.4, -0.2) is 31.0 Å². The van der Waals surface area contributed by atoms with Gasteiger partial charge in [-0.15, -0.1) is 0 Å². The van der Waals surface area contributed by atoms with Crippen molar-refractivity contribution in [2.45, 2.75) is 103 Å². The third-order valence-corrected chi connectivity index (χ3v) is 5.27. The highest BCUT2D eigenvalue weighted by atomic mass is 19.1. The second kappa shape index (κ2) is 19.0. The van der Waals surface area contributed by atoms with Crippen LogP contribution in [0.4, 0.5) is 4.39 Å². The lowest BCUT2D eigenvalue weighted by Crippen LogP contribution is -2.24. The molecule has 0 spiro atoms. The van der Waals surface area contributed by atoms with Crippen molar-refractivity contribution in [3.8, 4) is 0 Å². The molecule has 0 saturated carbocycles. The summed E-state index contributed by atoms with van der Waals surface area (Å²) in [7, 11) is 0. The molecule has 168 valence electrons. The Morgan fingerprint density at radius 3 is 2.00 bits per heavy atom. The van der Waals surface area contributed by atoms with Gasteiger partial charge in [0.2, 0.25) is 0 Å². The van der Waals surface area contributed by atoms with Crippen molar-refractivity contribution in [3.05, 3.63) is 35.6 Å². The van der Waals surface area contributed by atoms with Gasteiger partial charge in [-0.05, 0) is 24.1 Å². The second-order valence-electron chi connectivity index (χ2n) is 8.06. The molecule has 0 aliphatic heterocycles. The van der Waals surface area contributed by atoms with Gasteiger partial charge in [-0.1, -0.05) is 96.1 Å². The van der Waals surface area contributed by atoms with Crippen molar-refractivity contribution in [2.24, 2.45) is 0 Å². The Morgan fingerprint density at radius 1 is 0.862 bits per heavy atom. The van der Waals surface area contributed by atoms with Crippen molar-refractivity contribution < 1.29 is 19.0 Å². The predicted octanol–water partition coefficient (Wildman–Crippen LogP) is 6.81. The summed E-state index contributed by atoms with van der Waals surface area (Å²) in [4.78, 5) is 0. The van der Waals surface area contributed by atoms with Crippen LogP contribution in [0.5, 0.6) is 0 Å². The molecule has 0 aliphatic carbocycles. The molecule has 0 aliphatic rings. The summed E-state index contributed by atoms with van der Waals surface area (Å²) >= 11 is 0. The number of unbranched alkanes of at least 4 members (excludes halogenated alkanes) is 12. The number of hydrogen-bond acceptors (Lipinski definition) is 3. The second-order valence-corrected chi connectivity index (χ2v) is 8.06. The Balaban J connectivity index is 1.86. The van der Waals surface area contributed by atoms with Crippen molar-refractivity contribution in [1.82, 2.24) is 0 Å². The molecule has 0 aromatic heterocycles. The lowest BCUT2D eigenvalue weighted by Gasteiger charge is -2.16. The fourth-order valence-electron chi connectivity index (χ4n) is 3.43. The minimum atomic E-state index is -0.361. The van der Waals surface area contributed by atoms with Crippen LogP contribution in [-0.2, 0) is 16.1 Å². The normalized spacial score (nSPS) is 12.4. The van der Waals surface area contributed by atoms with Gasteiger partial charge in [0.1, 0.15) is 11.9 Å². The monoisotopic (exact) mass is 410 g/mol. The number of hydrogen-bond donors (Lipinski definition) is 1. The van der Waals surface area contributed by atoms with Crippen LogP contribution in [0.1, 0.15) is 96.0 Å². The van der Waals surface area contributed by atoms with E-state index in [0.717, 1.165) is 12.0 Å². The van der Waals surface area contributed by atoms with Gasteiger partial charge in [0, 0.05) is 6.61 Å². The van der Waals surface area contributed by atoms with E-state index in [9.17, 15) is 9.50 Å². The van der Waals surface area contributed by atoms with E-state index in [4.69, 9.17) is 9.47 Å². The molecule has 1 rings (SSSR count). The lowest BCUT2D eigenvalue weighted by atomic mass is 10.0. The maximum absolute atomic E-state index is 13.1. The first-order chi connectivity index (χ1) is 14.3. The number of aliphatic hydroxyl groups is 1. The number of benzene rings is 1. The quantitative estimate of drug-likeness (QED) is 0.240. The lowest BCUT2D eigenvalue weighted by molar-refractivity contribution is -0.0503. The maximum atomic E-state index is 13.1. The fourth-order valence-corrected chi connectivity index (χ4v) is 3.43. The number of rotatable bonds is 20. The molecule has 0 bridgehead atoms. The van der Waals surface area contributed by atoms with Gasteiger partial charge in [-0.2, -0.15) is 0 Å². The highest BCUT2D eigenvalue weighted by molar-refractivity contribution is 5.15. The van der Waals surface area contributed by atoms with Crippen LogP contribution < -0.4 is 0 Å². The third-order valence-electron chi connectivity index (χ3n) is 5.27. The molecule has 0 radical (unpaired) electrons. The number of ether oxygens (including phenoxy) is 2. The Kier molecular flexibility index (Phi) is 17.1. The van der Waals surface area contributed by atoms with Gasteiger partial charge in [0.25, 0.3) is 0 Å². The topological polar surface area (TPSA) is 38.7 Å². The highest BCUT2D eigenvalue weighted by Gasteiger charge is 2.08. The van der Waals surface area contributed by atoms with Crippen molar-refractivity contribution in [2.75, 3.05) is 19.8 Å². The zero-order valence-corrected chi connectivity index (χ0v) is 18.5. The molecule has 4 heteroatoms. The molecule has 0 heterocycles. The van der Waals surface area contributed by atoms with Crippen LogP contribution in [0.25, 0.3) is 0 Å². The first-order valence-electron chi connectivity index (χ1n) is 11.8. The molecule has 29 heavy (non-hydrogen) atoms. The average molecular weight is 411 g/mol. The molecule has 1 aromatic rings. The average Bonchev–Trinajstić information content (AvgIpc) is 2.73. The van der Waals surface area contributed by atoms with Gasteiger partial charge in [0.15, 0.2) is 0 Å². The van der Waals surface area contributed by atoms with Crippen molar-refractivity contribution >= 4 is 0 Å². The highest BCUT2D eigenvalue weighted by Crippen LogP contribution is 2.12. The minimum Gasteiger partial charge on any atom is -0.394 e. The largest absolute Gasteiger partial charge is 0.394 e. The summed E-state index contributed by atoms with van der Waals surface area (Å²) in [5.41, 5.74) is 0.764. The molecule has 1 N–H and O–H groups in total. The molecule has 3 nitrogen and oxygen atoms in total. The molecule has 1 atom stereocenters. The standard InChI is InChI=1S/C25H43FO3/c1-2-3-4-5-6-7-8-9-10-11-12-13-14-18-28-22-25(20-27)29-21-23-16-15-17-24(26)19-23/h15-17,19,25,27H,2-14,18,20-22H2,1H3/t25-/m0/s1. The fraction of sp³-hybridized carbons (Fsp3) is 0.760. The third kappa shape index (κ3) is 15.5. The minimum absolute atomic E-state index is 0.0894. The van der Waals surface area contributed by atoms with Gasteiger partial charge in [-0.25, -0.2) is 4.39 Å². The van der Waals surface area contributed by atoms with Crippen LogP contribution >= 0.6 is 0 Å². The summed E-state index contributed by atoms with van der Waals surface area (Å²) in [6.07, 6.45) is 17.0. The summed E-state index contributed by atoms with van der Waals surface area (Å²) in [5, 5.41) is 9.39. The molecule has 1 aromatic carbocycles. The smallest absolute Gasteiger partial charge is 0.123 e. The van der Waals surface area contributed by atoms with E-state index in [1.807, 2.05) is 6.07 Å². The maximum Gasteiger partial charge on any atom is 0.123 e. The Labute approximate surface area is 178 Å². The number of aliphatic hydroxyl groups excluding tert-OH is 1. The summed E-state index contributed by atoms with van der Waals surface area (Å²) in [6, 6.07) is 6.33. The van der Waals surface area contributed by atoms with Crippen LogP contribution in [0.3, 0.4) is 0 Å². The molecule has 0 amide bonds. The van der Waals surface area contributed by atoms with E-state index in [1.165, 1.54) is 89.2 Å². The van der Waals surface area contributed by atoms with Crippen molar-refractivity contribution in [1.29, 1.82) is 0 Å².